The summed E-state index contributed by atoms with van der Waals surface area (Å²) in [4.78, 5) is 42.6. The third-order valence-electron chi connectivity index (χ3n) is 4.75. The lowest BCUT2D eigenvalue weighted by molar-refractivity contribution is -0.113. The Morgan fingerprint density at radius 2 is 2.00 bits per heavy atom. The number of unbranched alkanes of at least 4 members (excludes halogenated alkanes) is 1. The van der Waals surface area contributed by atoms with Crippen LogP contribution in [0.3, 0.4) is 0 Å². The number of nitrogens with zero attached hydrogens (tertiary/aromatic N) is 3. The quantitative estimate of drug-likeness (QED) is 0.583. The average molecular weight is 431 g/mol. The van der Waals surface area contributed by atoms with Gasteiger partial charge in [-0.15, -0.1) is 11.8 Å². The van der Waals surface area contributed by atoms with Gasteiger partial charge in [0.1, 0.15) is 11.5 Å². The maximum atomic E-state index is 13.3. The highest BCUT2D eigenvalue weighted by Gasteiger charge is 2.18. The summed E-state index contributed by atoms with van der Waals surface area (Å²) in [6.45, 7) is 2.07. The van der Waals surface area contributed by atoms with Gasteiger partial charge in [-0.3, -0.25) is 18.7 Å². The van der Waals surface area contributed by atoms with Crippen molar-refractivity contribution in [1.82, 2.24) is 14.1 Å². The maximum Gasteiger partial charge on any atom is 0.332 e. The molecule has 30 heavy (non-hydrogen) atoms. The number of hydrogen-bond donors (Lipinski definition) is 1. The van der Waals surface area contributed by atoms with Crippen LogP contribution in [0.15, 0.2) is 44.9 Å². The maximum absolute atomic E-state index is 13.3. The minimum absolute atomic E-state index is 0.0285. The fourth-order valence-electron chi connectivity index (χ4n) is 3.15. The number of anilines is 1. The van der Waals surface area contributed by atoms with Crippen molar-refractivity contribution in [3.05, 3.63) is 62.7 Å². The normalized spacial score (nSPS) is 11.1. The number of fused-ring (bicyclic) bond motifs is 1. The van der Waals surface area contributed by atoms with Crippen LogP contribution in [0.4, 0.5) is 10.1 Å². The zero-order chi connectivity index (χ0) is 21.8. The van der Waals surface area contributed by atoms with Crippen molar-refractivity contribution >= 4 is 34.4 Å². The number of carbonyl (C=O) groups is 1. The number of hydrogen-bond acceptors (Lipinski definition) is 5. The van der Waals surface area contributed by atoms with Crippen LogP contribution in [0.2, 0.25) is 0 Å². The van der Waals surface area contributed by atoms with Crippen molar-refractivity contribution in [1.29, 1.82) is 0 Å². The summed E-state index contributed by atoms with van der Waals surface area (Å²) in [6, 6.07) is 5.66. The molecule has 0 saturated carbocycles. The van der Waals surface area contributed by atoms with Crippen molar-refractivity contribution < 1.29 is 9.18 Å². The summed E-state index contributed by atoms with van der Waals surface area (Å²) >= 11 is 1.22. The Labute approximate surface area is 176 Å². The van der Waals surface area contributed by atoms with Gasteiger partial charge in [0.2, 0.25) is 5.91 Å². The SMILES string of the molecule is CCCCc1cnc2c(c1SCC(=O)Nc1cccc(F)c1)c(=O)n(C)c(=O)n2C. The second-order valence-electron chi connectivity index (χ2n) is 6.97. The van der Waals surface area contributed by atoms with Gasteiger partial charge in [-0.05, 0) is 36.6 Å². The predicted molar refractivity (Wildman–Crippen MR) is 117 cm³/mol. The Balaban J connectivity index is 1.98. The molecule has 158 valence electrons. The van der Waals surface area contributed by atoms with Gasteiger partial charge in [-0.1, -0.05) is 19.4 Å². The average Bonchev–Trinajstić information content (AvgIpc) is 2.73. The largest absolute Gasteiger partial charge is 0.332 e. The first-order valence-electron chi connectivity index (χ1n) is 9.59. The standard InChI is InChI=1S/C21H23FN4O3S/c1-4-5-7-13-11-23-19-17(20(28)26(3)21(29)25(19)2)18(13)30-12-16(27)24-15-9-6-8-14(22)10-15/h6,8-11H,4-5,7,12H2,1-3H3,(H,24,27). The number of pyridine rings is 1. The number of rotatable bonds is 7. The number of amides is 1. The lowest BCUT2D eigenvalue weighted by Crippen LogP contribution is -2.37. The molecule has 0 bridgehead atoms. The highest BCUT2D eigenvalue weighted by atomic mass is 32.2. The third kappa shape index (κ3) is 4.46. The molecular formula is C21H23FN4O3S. The second-order valence-corrected chi connectivity index (χ2v) is 7.95. The van der Waals surface area contributed by atoms with E-state index in [0.717, 1.165) is 23.0 Å². The number of thioether (sulfide) groups is 1. The van der Waals surface area contributed by atoms with Gasteiger partial charge in [0.15, 0.2) is 0 Å². The number of aryl methyl sites for hydroxylation is 2. The first-order chi connectivity index (χ1) is 14.3. The van der Waals surface area contributed by atoms with Crippen LogP contribution in [0, 0.1) is 5.82 Å². The summed E-state index contributed by atoms with van der Waals surface area (Å²) in [5.41, 5.74) is 0.623. The first-order valence-corrected chi connectivity index (χ1v) is 10.6. The van der Waals surface area contributed by atoms with E-state index in [4.69, 9.17) is 0 Å². The summed E-state index contributed by atoms with van der Waals surface area (Å²) in [6.07, 6.45) is 4.25. The van der Waals surface area contributed by atoms with Gasteiger partial charge in [0.05, 0.1) is 11.1 Å². The molecule has 0 radical (unpaired) electrons. The van der Waals surface area contributed by atoms with Gasteiger partial charge in [-0.25, -0.2) is 14.2 Å². The lowest BCUT2D eigenvalue weighted by atomic mass is 10.1. The van der Waals surface area contributed by atoms with Gasteiger partial charge in [0, 0.05) is 30.9 Å². The number of nitrogens with one attached hydrogen (secondary N) is 1. The Morgan fingerprint density at radius 3 is 2.70 bits per heavy atom. The summed E-state index contributed by atoms with van der Waals surface area (Å²) in [5.74, 6) is -0.730. The van der Waals surface area contributed by atoms with Crippen LogP contribution in [-0.4, -0.2) is 25.8 Å². The van der Waals surface area contributed by atoms with Crippen molar-refractivity contribution in [3.8, 4) is 0 Å². The van der Waals surface area contributed by atoms with Crippen molar-refractivity contribution in [3.63, 3.8) is 0 Å². The van der Waals surface area contributed by atoms with E-state index in [-0.39, 0.29) is 17.3 Å². The minimum Gasteiger partial charge on any atom is -0.325 e. The van der Waals surface area contributed by atoms with Crippen LogP contribution in [-0.2, 0) is 25.3 Å². The van der Waals surface area contributed by atoms with Gasteiger partial charge < -0.3 is 5.32 Å². The molecule has 3 rings (SSSR count). The molecule has 0 fully saturated rings. The molecule has 3 aromatic rings. The molecular weight excluding hydrogens is 407 g/mol. The Hall–Kier alpha value is -2.94. The van der Waals surface area contributed by atoms with E-state index in [2.05, 4.69) is 17.2 Å². The van der Waals surface area contributed by atoms with E-state index in [1.54, 1.807) is 19.3 Å². The minimum atomic E-state index is -0.457. The van der Waals surface area contributed by atoms with E-state index in [1.165, 1.54) is 41.6 Å². The number of benzene rings is 1. The van der Waals surface area contributed by atoms with Crippen LogP contribution >= 0.6 is 11.8 Å². The smallest absolute Gasteiger partial charge is 0.325 e. The number of carbonyl (C=O) groups excluding carboxylic acids is 1. The first kappa shape index (κ1) is 21.8. The Morgan fingerprint density at radius 1 is 1.23 bits per heavy atom. The number of aromatic nitrogens is 3. The Kier molecular flexibility index (Phi) is 6.71. The molecule has 0 aliphatic heterocycles. The van der Waals surface area contributed by atoms with Crippen LogP contribution < -0.4 is 16.6 Å². The van der Waals surface area contributed by atoms with Crippen LogP contribution in [0.1, 0.15) is 25.3 Å². The molecule has 0 aliphatic rings. The van der Waals surface area contributed by atoms with Crippen molar-refractivity contribution in [2.75, 3.05) is 11.1 Å². The van der Waals surface area contributed by atoms with E-state index in [1.807, 2.05) is 0 Å². The molecule has 2 heterocycles. The van der Waals surface area contributed by atoms with Crippen molar-refractivity contribution in [2.45, 2.75) is 31.1 Å². The van der Waals surface area contributed by atoms with E-state index < -0.39 is 17.1 Å². The molecule has 0 atom stereocenters. The summed E-state index contributed by atoms with van der Waals surface area (Å²) in [5, 5.41) is 2.99. The predicted octanol–water partition coefficient (Wildman–Crippen LogP) is 2.84. The monoisotopic (exact) mass is 430 g/mol. The fourth-order valence-corrected chi connectivity index (χ4v) is 4.16. The van der Waals surface area contributed by atoms with Gasteiger partial charge >= 0.3 is 5.69 Å². The fraction of sp³-hybridized carbons (Fsp3) is 0.333. The van der Waals surface area contributed by atoms with Crippen molar-refractivity contribution in [2.24, 2.45) is 14.1 Å². The van der Waals surface area contributed by atoms with Gasteiger partial charge in [0.25, 0.3) is 5.56 Å². The van der Waals surface area contributed by atoms with E-state index in [0.29, 0.717) is 22.4 Å². The number of halogens is 1. The molecule has 7 nitrogen and oxygen atoms in total. The second kappa shape index (κ2) is 9.25. The molecule has 1 amide bonds. The molecule has 1 N–H and O–H groups in total. The summed E-state index contributed by atoms with van der Waals surface area (Å²) < 4.78 is 15.7. The Bertz CT molecular complexity index is 1220. The highest BCUT2D eigenvalue weighted by Crippen LogP contribution is 2.29. The molecule has 1 aromatic carbocycles. The lowest BCUT2D eigenvalue weighted by Gasteiger charge is -2.14. The third-order valence-corrected chi connectivity index (χ3v) is 5.91. The zero-order valence-corrected chi connectivity index (χ0v) is 17.9. The molecule has 2 aromatic heterocycles. The van der Waals surface area contributed by atoms with Crippen LogP contribution in [0.5, 0.6) is 0 Å². The van der Waals surface area contributed by atoms with E-state index in [9.17, 15) is 18.8 Å². The molecule has 0 aliphatic carbocycles. The zero-order valence-electron chi connectivity index (χ0n) is 17.1. The van der Waals surface area contributed by atoms with E-state index >= 15 is 0 Å². The molecule has 0 saturated heterocycles. The molecule has 0 spiro atoms. The molecule has 0 unspecified atom stereocenters. The topological polar surface area (TPSA) is 86.0 Å². The molecule has 9 heteroatoms. The van der Waals surface area contributed by atoms with Gasteiger partial charge in [-0.2, -0.15) is 0 Å². The summed E-state index contributed by atoms with van der Waals surface area (Å²) in [7, 11) is 2.99. The highest BCUT2D eigenvalue weighted by molar-refractivity contribution is 8.00. The van der Waals surface area contributed by atoms with Crippen LogP contribution in [0.25, 0.3) is 11.0 Å².